The van der Waals surface area contributed by atoms with E-state index in [9.17, 15) is 26.4 Å². The number of hydrogen-bond acceptors (Lipinski definition) is 4. The summed E-state index contributed by atoms with van der Waals surface area (Å²) in [5.74, 6) is -0.353. The molecule has 1 aliphatic rings. The summed E-state index contributed by atoms with van der Waals surface area (Å²) in [4.78, 5) is 13.7. The Kier molecular flexibility index (Phi) is 5.54. The topological polar surface area (TPSA) is 66.5 Å². The minimum absolute atomic E-state index is 0.0146. The first kappa shape index (κ1) is 18.7. The fourth-order valence-corrected chi connectivity index (χ4v) is 4.44. The number of carbonyl (C=O) groups excluding carboxylic acids is 1. The number of para-hydroxylation sites is 1. The van der Waals surface area contributed by atoms with E-state index < -0.39 is 27.5 Å². The molecule has 5 nitrogen and oxygen atoms in total. The van der Waals surface area contributed by atoms with Crippen LogP contribution in [-0.4, -0.2) is 50.4 Å². The Bertz CT molecular complexity index is 704. The molecule has 134 valence electrons. The Morgan fingerprint density at radius 1 is 1.33 bits per heavy atom. The maximum atomic E-state index is 12.9. The van der Waals surface area contributed by atoms with E-state index in [1.165, 1.54) is 18.2 Å². The fourth-order valence-electron chi connectivity index (χ4n) is 2.64. The Hall–Kier alpha value is -1.61. The van der Waals surface area contributed by atoms with Crippen LogP contribution in [0.15, 0.2) is 24.3 Å². The Balaban J connectivity index is 1.91. The molecule has 1 aromatic carbocycles. The molecule has 1 saturated heterocycles. The number of benzene rings is 1. The van der Waals surface area contributed by atoms with Gasteiger partial charge >= 0.3 is 6.18 Å². The third-order valence-corrected chi connectivity index (χ3v) is 5.78. The van der Waals surface area contributed by atoms with Gasteiger partial charge in [-0.25, -0.2) is 8.42 Å². The zero-order valence-corrected chi connectivity index (χ0v) is 14.0. The van der Waals surface area contributed by atoms with Crippen molar-refractivity contribution in [2.75, 3.05) is 30.4 Å². The highest BCUT2D eigenvalue weighted by atomic mass is 32.2. The standard InChI is InChI=1S/C15H19F3N2O3S/c1-20(11-7-9-24(22,23)10-11)8-6-14(21)19-13-5-3-2-4-12(13)15(16,17)18/h2-5,11H,6-10H2,1H3,(H,19,21). The maximum absolute atomic E-state index is 12.9. The molecule has 0 saturated carbocycles. The summed E-state index contributed by atoms with van der Waals surface area (Å²) >= 11 is 0. The van der Waals surface area contributed by atoms with Crippen molar-refractivity contribution < 1.29 is 26.4 Å². The Morgan fingerprint density at radius 2 is 2.00 bits per heavy atom. The van der Waals surface area contributed by atoms with Crippen LogP contribution in [0, 0.1) is 0 Å². The van der Waals surface area contributed by atoms with Crippen LogP contribution in [-0.2, 0) is 20.8 Å². The monoisotopic (exact) mass is 364 g/mol. The van der Waals surface area contributed by atoms with Gasteiger partial charge < -0.3 is 10.2 Å². The average Bonchev–Trinajstić information content (AvgIpc) is 2.84. The molecule has 1 unspecified atom stereocenters. The van der Waals surface area contributed by atoms with Gasteiger partial charge in [-0.2, -0.15) is 13.2 Å². The van der Waals surface area contributed by atoms with Crippen molar-refractivity contribution in [1.29, 1.82) is 0 Å². The van der Waals surface area contributed by atoms with Gasteiger partial charge in [-0.1, -0.05) is 12.1 Å². The van der Waals surface area contributed by atoms with Crippen LogP contribution in [0.25, 0.3) is 0 Å². The molecule has 24 heavy (non-hydrogen) atoms. The third kappa shape index (κ3) is 4.94. The molecule has 1 aromatic rings. The number of amides is 1. The molecular formula is C15H19F3N2O3S. The third-order valence-electron chi connectivity index (χ3n) is 4.03. The highest BCUT2D eigenvalue weighted by molar-refractivity contribution is 7.91. The molecule has 0 aliphatic carbocycles. The fraction of sp³-hybridized carbons (Fsp3) is 0.533. The van der Waals surface area contributed by atoms with Crippen LogP contribution in [0.4, 0.5) is 18.9 Å². The lowest BCUT2D eigenvalue weighted by molar-refractivity contribution is -0.137. The summed E-state index contributed by atoms with van der Waals surface area (Å²) in [6.45, 7) is 0.278. The second-order valence-electron chi connectivity index (χ2n) is 5.88. The van der Waals surface area contributed by atoms with Gasteiger partial charge in [0.15, 0.2) is 9.84 Å². The molecule has 1 amide bonds. The predicted octanol–water partition coefficient (Wildman–Crippen LogP) is 2.15. The number of sulfone groups is 1. The van der Waals surface area contributed by atoms with Crippen molar-refractivity contribution >= 4 is 21.4 Å². The van der Waals surface area contributed by atoms with Crippen LogP contribution in [0.1, 0.15) is 18.4 Å². The second-order valence-corrected chi connectivity index (χ2v) is 8.11. The molecule has 1 atom stereocenters. The zero-order chi connectivity index (χ0) is 18.0. The summed E-state index contributed by atoms with van der Waals surface area (Å²) in [6.07, 6.45) is -4.05. The average molecular weight is 364 g/mol. The first-order valence-electron chi connectivity index (χ1n) is 7.45. The number of anilines is 1. The zero-order valence-electron chi connectivity index (χ0n) is 13.1. The highest BCUT2D eigenvalue weighted by Gasteiger charge is 2.34. The minimum Gasteiger partial charge on any atom is -0.325 e. The molecule has 2 rings (SSSR count). The molecule has 1 fully saturated rings. The lowest BCUT2D eigenvalue weighted by Crippen LogP contribution is -2.35. The second kappa shape index (κ2) is 7.10. The molecule has 9 heteroatoms. The maximum Gasteiger partial charge on any atom is 0.418 e. The number of hydrogen-bond donors (Lipinski definition) is 1. The Labute approximate surface area is 138 Å². The molecule has 1 aliphatic heterocycles. The number of rotatable bonds is 5. The van der Waals surface area contributed by atoms with Crippen molar-refractivity contribution in [3.63, 3.8) is 0 Å². The number of halogens is 3. The Morgan fingerprint density at radius 3 is 2.58 bits per heavy atom. The van der Waals surface area contributed by atoms with Crippen molar-refractivity contribution in [3.05, 3.63) is 29.8 Å². The van der Waals surface area contributed by atoms with Crippen LogP contribution in [0.3, 0.4) is 0 Å². The predicted molar refractivity (Wildman–Crippen MR) is 84.4 cm³/mol. The summed E-state index contributed by atoms with van der Waals surface area (Å²) in [5, 5.41) is 2.28. The smallest absolute Gasteiger partial charge is 0.325 e. The first-order valence-corrected chi connectivity index (χ1v) is 9.27. The van der Waals surface area contributed by atoms with Gasteiger partial charge in [-0.3, -0.25) is 4.79 Å². The van der Waals surface area contributed by atoms with Crippen molar-refractivity contribution in [2.45, 2.75) is 25.1 Å². The van der Waals surface area contributed by atoms with Gasteiger partial charge in [0.2, 0.25) is 5.91 Å². The number of nitrogens with zero attached hydrogens (tertiary/aromatic N) is 1. The van der Waals surface area contributed by atoms with E-state index in [1.54, 1.807) is 11.9 Å². The van der Waals surface area contributed by atoms with E-state index >= 15 is 0 Å². The van der Waals surface area contributed by atoms with Gasteiger partial charge in [0.1, 0.15) is 0 Å². The normalized spacial score (nSPS) is 20.3. The molecule has 1 heterocycles. The summed E-state index contributed by atoms with van der Waals surface area (Å²) in [5.41, 5.74) is -1.17. The van der Waals surface area contributed by atoms with Crippen molar-refractivity contribution in [2.24, 2.45) is 0 Å². The van der Waals surface area contributed by atoms with E-state index in [0.29, 0.717) is 6.42 Å². The molecule has 0 spiro atoms. The number of carbonyl (C=O) groups is 1. The van der Waals surface area contributed by atoms with E-state index in [1.807, 2.05) is 0 Å². The van der Waals surface area contributed by atoms with E-state index in [4.69, 9.17) is 0 Å². The van der Waals surface area contributed by atoms with Crippen LogP contribution in [0.5, 0.6) is 0 Å². The number of nitrogens with one attached hydrogen (secondary N) is 1. The van der Waals surface area contributed by atoms with E-state index in [2.05, 4.69) is 5.32 Å². The van der Waals surface area contributed by atoms with Gasteiger partial charge in [0, 0.05) is 19.0 Å². The van der Waals surface area contributed by atoms with E-state index in [-0.39, 0.29) is 36.2 Å². The van der Waals surface area contributed by atoms with E-state index in [0.717, 1.165) is 6.07 Å². The van der Waals surface area contributed by atoms with Gasteiger partial charge in [0.05, 0.1) is 22.8 Å². The lowest BCUT2D eigenvalue weighted by Gasteiger charge is -2.22. The van der Waals surface area contributed by atoms with Crippen LogP contribution >= 0.6 is 0 Å². The van der Waals surface area contributed by atoms with Gasteiger partial charge in [-0.15, -0.1) is 0 Å². The number of alkyl halides is 3. The summed E-state index contributed by atoms with van der Waals surface area (Å²) in [6, 6.07) is 4.64. The molecule has 0 radical (unpaired) electrons. The molecule has 1 N–H and O–H groups in total. The highest BCUT2D eigenvalue weighted by Crippen LogP contribution is 2.34. The lowest BCUT2D eigenvalue weighted by atomic mass is 10.1. The van der Waals surface area contributed by atoms with Crippen molar-refractivity contribution in [3.8, 4) is 0 Å². The SMILES string of the molecule is CN(CCC(=O)Nc1ccccc1C(F)(F)F)C1CCS(=O)(=O)C1. The van der Waals surface area contributed by atoms with Gasteiger partial charge in [-0.05, 0) is 25.6 Å². The minimum atomic E-state index is -4.54. The summed E-state index contributed by atoms with van der Waals surface area (Å²) < 4.78 is 61.5. The molecule has 0 aromatic heterocycles. The van der Waals surface area contributed by atoms with Crippen LogP contribution < -0.4 is 5.32 Å². The molecule has 0 bridgehead atoms. The van der Waals surface area contributed by atoms with Gasteiger partial charge in [0.25, 0.3) is 0 Å². The summed E-state index contributed by atoms with van der Waals surface area (Å²) in [7, 11) is -1.31. The first-order chi connectivity index (χ1) is 11.1. The largest absolute Gasteiger partial charge is 0.418 e. The molecular weight excluding hydrogens is 345 g/mol. The van der Waals surface area contributed by atoms with Crippen LogP contribution in [0.2, 0.25) is 0 Å². The quantitative estimate of drug-likeness (QED) is 0.870. The van der Waals surface area contributed by atoms with Crippen molar-refractivity contribution in [1.82, 2.24) is 4.90 Å².